The Balaban J connectivity index is 1.39. The van der Waals surface area contributed by atoms with Gasteiger partial charge in [0.2, 0.25) is 27.5 Å². The maximum Gasteiger partial charge on any atom is 0.352 e. The number of amides is 3. The standard InChI is InChI=1S/C21H25N9O7S3/c1-40(36,37)24-6-7-29-21(26-27-28-29)39-9-12-8-38-19-15(18(33)30(19)16(12)20(34)35)25-17(32)14(22)11-2-4-13(5-3-11)23-10-31/h2-5,10,14-15,19,24H,6-9,22H2,1H3,(H,23,31)(H,25,32)(H,34,35)/t14?,15-,19-/m1/s1. The zero-order valence-electron chi connectivity index (χ0n) is 20.9. The highest BCUT2D eigenvalue weighted by atomic mass is 32.2. The van der Waals surface area contributed by atoms with Crippen LogP contribution in [0.1, 0.15) is 11.6 Å². The van der Waals surface area contributed by atoms with E-state index in [-0.39, 0.29) is 30.3 Å². The molecule has 1 saturated heterocycles. The van der Waals surface area contributed by atoms with Crippen molar-refractivity contribution in [3.63, 3.8) is 0 Å². The summed E-state index contributed by atoms with van der Waals surface area (Å²) in [6, 6.07) is 4.29. The highest BCUT2D eigenvalue weighted by molar-refractivity contribution is 8.01. The molecule has 19 heteroatoms. The number of carboxylic acids is 1. The van der Waals surface area contributed by atoms with E-state index in [0.29, 0.717) is 28.4 Å². The number of nitrogens with one attached hydrogen (secondary N) is 3. The third-order valence-corrected chi connectivity index (χ3v) is 9.00. The zero-order valence-corrected chi connectivity index (χ0v) is 23.3. The van der Waals surface area contributed by atoms with Gasteiger partial charge in [0.15, 0.2) is 0 Å². The fraction of sp³-hybridized carbons (Fsp3) is 0.381. The molecule has 2 aliphatic heterocycles. The molecule has 3 atom stereocenters. The Bertz CT molecular complexity index is 1450. The fourth-order valence-corrected chi connectivity index (χ4v) is 6.82. The first kappa shape index (κ1) is 29.5. The largest absolute Gasteiger partial charge is 0.477 e. The Morgan fingerprint density at radius 2 is 2.05 bits per heavy atom. The number of anilines is 1. The first-order valence-electron chi connectivity index (χ1n) is 11.6. The number of β-lactam (4-membered cyclic amide) rings is 1. The van der Waals surface area contributed by atoms with Crippen LogP contribution in [-0.2, 0) is 35.7 Å². The van der Waals surface area contributed by atoms with Crippen LogP contribution in [0.4, 0.5) is 5.69 Å². The fourth-order valence-electron chi connectivity index (χ4n) is 3.97. The molecule has 6 N–H and O–H groups in total. The van der Waals surface area contributed by atoms with Crippen LogP contribution in [0.15, 0.2) is 40.7 Å². The lowest BCUT2D eigenvalue weighted by atomic mass is 10.0. The SMILES string of the molecule is CS(=O)(=O)NCCn1nnnc1SCC1=C(C(=O)O)N2C(=O)[C@@H](NC(=O)C(N)c3ccc(NC=O)cc3)[C@H]2SC1. The maximum absolute atomic E-state index is 13.0. The van der Waals surface area contributed by atoms with E-state index < -0.39 is 45.3 Å². The summed E-state index contributed by atoms with van der Waals surface area (Å²) in [6.07, 6.45) is 1.55. The van der Waals surface area contributed by atoms with Crippen molar-refractivity contribution in [3.05, 3.63) is 41.1 Å². The van der Waals surface area contributed by atoms with Crippen LogP contribution in [-0.4, -0.2) is 98.5 Å². The van der Waals surface area contributed by atoms with Crippen molar-refractivity contribution in [1.82, 2.24) is 35.1 Å². The molecule has 1 unspecified atom stereocenters. The van der Waals surface area contributed by atoms with Gasteiger partial charge in [0.05, 0.1) is 12.8 Å². The number of benzene rings is 1. The number of fused-ring (bicyclic) bond motifs is 1. The van der Waals surface area contributed by atoms with Crippen LogP contribution in [0.5, 0.6) is 0 Å². The van der Waals surface area contributed by atoms with Gasteiger partial charge in [-0.2, -0.15) is 0 Å². The van der Waals surface area contributed by atoms with Gasteiger partial charge in [0.1, 0.15) is 23.2 Å². The minimum Gasteiger partial charge on any atom is -0.477 e. The zero-order chi connectivity index (χ0) is 29.0. The van der Waals surface area contributed by atoms with Gasteiger partial charge in [-0.3, -0.25) is 19.3 Å². The van der Waals surface area contributed by atoms with Gasteiger partial charge in [0.25, 0.3) is 5.91 Å². The molecule has 3 heterocycles. The molecule has 40 heavy (non-hydrogen) atoms. The van der Waals surface area contributed by atoms with Crippen molar-refractivity contribution in [1.29, 1.82) is 0 Å². The number of nitrogens with two attached hydrogens (primary N) is 1. The number of carbonyl (C=O) groups excluding carboxylic acids is 3. The van der Waals surface area contributed by atoms with Crippen molar-refractivity contribution in [2.24, 2.45) is 5.73 Å². The quantitative estimate of drug-likeness (QED) is 0.0969. The molecule has 16 nitrogen and oxygen atoms in total. The van der Waals surface area contributed by atoms with Gasteiger partial charge in [-0.15, -0.1) is 16.9 Å². The number of aliphatic carboxylic acids is 1. The lowest BCUT2D eigenvalue weighted by Gasteiger charge is -2.49. The number of carboxylic acid groups (broad SMARTS) is 1. The summed E-state index contributed by atoms with van der Waals surface area (Å²) in [5.74, 6) is -2.00. The number of hydrogen-bond acceptors (Lipinski definition) is 12. The molecule has 0 spiro atoms. The summed E-state index contributed by atoms with van der Waals surface area (Å²) in [7, 11) is -3.38. The van der Waals surface area contributed by atoms with E-state index in [0.717, 1.165) is 22.9 Å². The summed E-state index contributed by atoms with van der Waals surface area (Å²) in [5, 5.41) is 26.0. The number of nitrogens with zero attached hydrogens (tertiary/aromatic N) is 5. The molecule has 214 valence electrons. The van der Waals surface area contributed by atoms with Crippen molar-refractivity contribution in [3.8, 4) is 0 Å². The minimum atomic E-state index is -3.38. The first-order chi connectivity index (χ1) is 19.0. The summed E-state index contributed by atoms with van der Waals surface area (Å²) >= 11 is 2.46. The number of rotatable bonds is 13. The van der Waals surface area contributed by atoms with Crippen LogP contribution in [0, 0.1) is 0 Å². The van der Waals surface area contributed by atoms with E-state index in [1.165, 1.54) is 16.4 Å². The summed E-state index contributed by atoms with van der Waals surface area (Å²) in [4.78, 5) is 49.6. The highest BCUT2D eigenvalue weighted by Crippen LogP contribution is 2.41. The summed E-state index contributed by atoms with van der Waals surface area (Å²) < 4.78 is 26.3. The second kappa shape index (κ2) is 12.3. The Morgan fingerprint density at radius 3 is 2.70 bits per heavy atom. The predicted octanol–water partition coefficient (Wildman–Crippen LogP) is -1.68. The van der Waals surface area contributed by atoms with E-state index in [9.17, 15) is 32.7 Å². The normalized spacial score (nSPS) is 19.4. The first-order valence-corrected chi connectivity index (χ1v) is 15.5. The van der Waals surface area contributed by atoms with Crippen LogP contribution in [0.2, 0.25) is 0 Å². The van der Waals surface area contributed by atoms with Crippen LogP contribution in [0.3, 0.4) is 0 Å². The van der Waals surface area contributed by atoms with Gasteiger partial charge in [-0.25, -0.2) is 22.6 Å². The molecule has 0 aliphatic carbocycles. The van der Waals surface area contributed by atoms with E-state index in [1.807, 2.05) is 0 Å². The van der Waals surface area contributed by atoms with E-state index >= 15 is 0 Å². The lowest BCUT2D eigenvalue weighted by molar-refractivity contribution is -0.150. The lowest BCUT2D eigenvalue weighted by Crippen LogP contribution is -2.71. The number of hydrogen-bond donors (Lipinski definition) is 5. The monoisotopic (exact) mass is 611 g/mol. The van der Waals surface area contributed by atoms with Gasteiger partial charge in [0, 0.05) is 23.7 Å². The molecule has 3 amide bonds. The molecule has 2 aliphatic rings. The Morgan fingerprint density at radius 1 is 1.32 bits per heavy atom. The molecular weight excluding hydrogens is 586 g/mol. The third kappa shape index (κ3) is 6.61. The van der Waals surface area contributed by atoms with E-state index in [1.54, 1.807) is 24.3 Å². The molecule has 2 aromatic rings. The smallest absolute Gasteiger partial charge is 0.352 e. The Hall–Kier alpha value is -3.52. The Labute approximate surface area is 236 Å². The molecule has 0 radical (unpaired) electrons. The molecule has 1 fully saturated rings. The van der Waals surface area contributed by atoms with Gasteiger partial charge >= 0.3 is 5.97 Å². The van der Waals surface area contributed by atoms with Crippen molar-refractivity contribution >= 4 is 63.4 Å². The van der Waals surface area contributed by atoms with Crippen LogP contribution in [0.25, 0.3) is 0 Å². The number of carbonyl (C=O) groups is 4. The average Bonchev–Trinajstić information content (AvgIpc) is 3.36. The molecular formula is C21H25N9O7S3. The topological polar surface area (TPSA) is 232 Å². The van der Waals surface area contributed by atoms with E-state index in [4.69, 9.17) is 5.73 Å². The summed E-state index contributed by atoms with van der Waals surface area (Å²) in [6.45, 7) is 0.234. The third-order valence-electron chi connectivity index (χ3n) is 5.89. The minimum absolute atomic E-state index is 0.0692. The molecule has 0 bridgehead atoms. The van der Waals surface area contributed by atoms with Crippen LogP contribution < -0.4 is 21.1 Å². The van der Waals surface area contributed by atoms with Gasteiger partial charge in [-0.05, 0) is 33.7 Å². The van der Waals surface area contributed by atoms with Crippen molar-refractivity contribution in [2.45, 2.75) is 29.2 Å². The molecule has 4 rings (SSSR count). The number of sulfonamides is 1. The second-order valence-electron chi connectivity index (χ2n) is 8.66. The number of tetrazole rings is 1. The van der Waals surface area contributed by atoms with Crippen LogP contribution >= 0.6 is 23.5 Å². The summed E-state index contributed by atoms with van der Waals surface area (Å²) in [5.41, 5.74) is 7.36. The Kier molecular flexibility index (Phi) is 9.08. The number of aromatic nitrogens is 4. The van der Waals surface area contributed by atoms with Crippen molar-refractivity contribution < 1.29 is 32.7 Å². The average molecular weight is 612 g/mol. The second-order valence-corrected chi connectivity index (χ2v) is 12.5. The highest BCUT2D eigenvalue weighted by Gasteiger charge is 2.54. The van der Waals surface area contributed by atoms with E-state index in [2.05, 4.69) is 30.9 Å². The van der Waals surface area contributed by atoms with Gasteiger partial charge in [-0.1, -0.05) is 23.9 Å². The molecule has 1 aromatic heterocycles. The number of thioether (sulfide) groups is 2. The van der Waals surface area contributed by atoms with Crippen molar-refractivity contribution in [2.75, 3.05) is 29.6 Å². The molecule has 0 saturated carbocycles. The molecule has 1 aromatic carbocycles. The predicted molar refractivity (Wildman–Crippen MR) is 144 cm³/mol. The van der Waals surface area contributed by atoms with Gasteiger partial charge < -0.3 is 21.5 Å². The maximum atomic E-state index is 13.0.